The van der Waals surface area contributed by atoms with Crippen molar-refractivity contribution in [2.45, 2.75) is 19.4 Å². The molecule has 0 aliphatic carbocycles. The quantitative estimate of drug-likeness (QED) is 0.883. The third-order valence-electron chi connectivity index (χ3n) is 3.13. The van der Waals surface area contributed by atoms with E-state index in [1.807, 2.05) is 37.3 Å². The molecule has 0 saturated heterocycles. The first-order valence-electron chi connectivity index (χ1n) is 6.91. The molecule has 0 saturated carbocycles. The molecule has 2 aromatic carbocycles. The molecule has 0 aromatic heterocycles. The zero-order chi connectivity index (χ0) is 15.1. The molecule has 0 bridgehead atoms. The van der Waals surface area contributed by atoms with Crippen LogP contribution in [0.25, 0.3) is 0 Å². The molecule has 2 aromatic rings. The number of nitrogens with one attached hydrogen (secondary N) is 1. The molecule has 0 aliphatic heterocycles. The fraction of sp³-hybridized carbons (Fsp3) is 0.235. The largest absolute Gasteiger partial charge is 0.484 e. The van der Waals surface area contributed by atoms with Gasteiger partial charge in [0.2, 0.25) is 0 Å². The van der Waals surface area contributed by atoms with Crippen molar-refractivity contribution in [1.29, 1.82) is 0 Å². The number of hydrogen-bond acceptors (Lipinski definition) is 2. The maximum Gasteiger partial charge on any atom is 0.258 e. The van der Waals surface area contributed by atoms with Crippen LogP contribution in [-0.4, -0.2) is 12.5 Å². The van der Waals surface area contributed by atoms with Crippen LogP contribution < -0.4 is 10.1 Å². The van der Waals surface area contributed by atoms with E-state index in [1.165, 1.54) is 24.3 Å². The number of carbonyl (C=O) groups excluding carboxylic acids is 1. The molecule has 0 fully saturated rings. The lowest BCUT2D eigenvalue weighted by Crippen LogP contribution is -2.32. The molecule has 1 atom stereocenters. The van der Waals surface area contributed by atoms with E-state index >= 15 is 0 Å². The molecule has 0 radical (unpaired) electrons. The van der Waals surface area contributed by atoms with Gasteiger partial charge in [-0.05, 0) is 36.2 Å². The number of ether oxygens (including phenoxy) is 1. The highest BCUT2D eigenvalue weighted by Crippen LogP contribution is 2.16. The van der Waals surface area contributed by atoms with Gasteiger partial charge in [0.05, 0.1) is 6.04 Å². The van der Waals surface area contributed by atoms with E-state index in [4.69, 9.17) is 4.74 Å². The van der Waals surface area contributed by atoms with E-state index in [0.29, 0.717) is 5.75 Å². The van der Waals surface area contributed by atoms with E-state index in [0.717, 1.165) is 12.0 Å². The normalized spacial score (nSPS) is 11.7. The zero-order valence-corrected chi connectivity index (χ0v) is 11.9. The predicted molar refractivity (Wildman–Crippen MR) is 79.5 cm³/mol. The Morgan fingerprint density at radius 1 is 1.14 bits per heavy atom. The summed E-state index contributed by atoms with van der Waals surface area (Å²) in [6.45, 7) is 1.92. The van der Waals surface area contributed by atoms with Crippen LogP contribution in [0.3, 0.4) is 0 Å². The first-order chi connectivity index (χ1) is 10.2. The minimum atomic E-state index is -0.332. The van der Waals surface area contributed by atoms with Crippen LogP contribution in [0.5, 0.6) is 5.75 Å². The molecule has 0 spiro atoms. The summed E-state index contributed by atoms with van der Waals surface area (Å²) in [5.74, 6) is -0.0590. The second-order valence-corrected chi connectivity index (χ2v) is 4.68. The molecule has 110 valence electrons. The van der Waals surface area contributed by atoms with Gasteiger partial charge >= 0.3 is 0 Å². The Bertz CT molecular complexity index is 569. The smallest absolute Gasteiger partial charge is 0.258 e. The Labute approximate surface area is 123 Å². The minimum Gasteiger partial charge on any atom is -0.484 e. The van der Waals surface area contributed by atoms with E-state index in [1.54, 1.807) is 0 Å². The van der Waals surface area contributed by atoms with Crippen molar-refractivity contribution in [3.63, 3.8) is 0 Å². The zero-order valence-electron chi connectivity index (χ0n) is 11.9. The Morgan fingerprint density at radius 3 is 2.43 bits per heavy atom. The summed E-state index contributed by atoms with van der Waals surface area (Å²) < 4.78 is 18.1. The predicted octanol–water partition coefficient (Wildman–Crippen LogP) is 3.47. The summed E-state index contributed by atoms with van der Waals surface area (Å²) in [6, 6.07) is 15.3. The fourth-order valence-corrected chi connectivity index (χ4v) is 2.02. The number of halogens is 1. The van der Waals surface area contributed by atoms with Crippen LogP contribution in [0, 0.1) is 5.82 Å². The van der Waals surface area contributed by atoms with Gasteiger partial charge in [-0.15, -0.1) is 0 Å². The maximum absolute atomic E-state index is 12.8. The van der Waals surface area contributed by atoms with Crippen LogP contribution in [0.15, 0.2) is 54.6 Å². The van der Waals surface area contributed by atoms with Gasteiger partial charge in [-0.3, -0.25) is 4.79 Å². The summed E-state index contributed by atoms with van der Waals surface area (Å²) in [7, 11) is 0. The lowest BCUT2D eigenvalue weighted by atomic mass is 10.0. The van der Waals surface area contributed by atoms with Crippen LogP contribution in [-0.2, 0) is 4.79 Å². The van der Waals surface area contributed by atoms with Gasteiger partial charge in [-0.2, -0.15) is 0 Å². The molecule has 2 rings (SSSR count). The molecule has 1 amide bonds. The Kier molecular flexibility index (Phi) is 5.32. The van der Waals surface area contributed by atoms with Crippen molar-refractivity contribution in [1.82, 2.24) is 5.32 Å². The number of rotatable bonds is 6. The molecular weight excluding hydrogens is 269 g/mol. The van der Waals surface area contributed by atoms with Crippen molar-refractivity contribution < 1.29 is 13.9 Å². The standard InChI is InChI=1S/C17H18FNO2/c1-2-16(13-6-4-3-5-7-13)19-17(20)12-21-15-10-8-14(18)9-11-15/h3-11,16H,2,12H2,1H3,(H,19,20). The first-order valence-corrected chi connectivity index (χ1v) is 6.91. The third kappa shape index (κ3) is 4.60. The van der Waals surface area contributed by atoms with Gasteiger partial charge in [0.25, 0.3) is 5.91 Å². The van der Waals surface area contributed by atoms with E-state index in [9.17, 15) is 9.18 Å². The van der Waals surface area contributed by atoms with Gasteiger partial charge in [-0.1, -0.05) is 37.3 Å². The van der Waals surface area contributed by atoms with Gasteiger partial charge < -0.3 is 10.1 Å². The summed E-state index contributed by atoms with van der Waals surface area (Å²) >= 11 is 0. The summed E-state index contributed by atoms with van der Waals surface area (Å²) in [4.78, 5) is 11.9. The van der Waals surface area contributed by atoms with Gasteiger partial charge in [-0.25, -0.2) is 4.39 Å². The second kappa shape index (κ2) is 7.43. The van der Waals surface area contributed by atoms with Crippen molar-refractivity contribution in [2.75, 3.05) is 6.61 Å². The lowest BCUT2D eigenvalue weighted by Gasteiger charge is -2.17. The summed E-state index contributed by atoms with van der Waals surface area (Å²) in [5, 5.41) is 2.93. The molecule has 1 unspecified atom stereocenters. The number of amides is 1. The van der Waals surface area contributed by atoms with Crippen LogP contribution in [0.1, 0.15) is 24.9 Å². The monoisotopic (exact) mass is 287 g/mol. The van der Waals surface area contributed by atoms with E-state index in [-0.39, 0.29) is 24.4 Å². The average Bonchev–Trinajstić information content (AvgIpc) is 2.53. The lowest BCUT2D eigenvalue weighted by molar-refractivity contribution is -0.123. The number of hydrogen-bond donors (Lipinski definition) is 1. The Morgan fingerprint density at radius 2 is 1.81 bits per heavy atom. The topological polar surface area (TPSA) is 38.3 Å². The van der Waals surface area contributed by atoms with Gasteiger partial charge in [0, 0.05) is 0 Å². The Hall–Kier alpha value is -2.36. The van der Waals surface area contributed by atoms with Crippen LogP contribution in [0.4, 0.5) is 4.39 Å². The molecule has 4 heteroatoms. The first kappa shape index (κ1) is 15.0. The van der Waals surface area contributed by atoms with Crippen molar-refractivity contribution in [3.8, 4) is 5.75 Å². The summed E-state index contributed by atoms with van der Waals surface area (Å²) in [5.41, 5.74) is 1.06. The molecule has 0 heterocycles. The van der Waals surface area contributed by atoms with E-state index < -0.39 is 0 Å². The number of carbonyl (C=O) groups is 1. The van der Waals surface area contributed by atoms with Gasteiger partial charge in [0.1, 0.15) is 11.6 Å². The highest BCUT2D eigenvalue weighted by molar-refractivity contribution is 5.78. The Balaban J connectivity index is 1.87. The minimum absolute atomic E-state index is 0.0319. The van der Waals surface area contributed by atoms with Crippen LogP contribution in [0.2, 0.25) is 0 Å². The van der Waals surface area contributed by atoms with Crippen LogP contribution >= 0.6 is 0 Å². The molecular formula is C17H18FNO2. The highest BCUT2D eigenvalue weighted by atomic mass is 19.1. The SMILES string of the molecule is CCC(NC(=O)COc1ccc(F)cc1)c1ccccc1. The van der Waals surface area contributed by atoms with Gasteiger partial charge in [0.15, 0.2) is 6.61 Å². The van der Waals surface area contributed by atoms with Crippen molar-refractivity contribution in [2.24, 2.45) is 0 Å². The molecule has 21 heavy (non-hydrogen) atoms. The second-order valence-electron chi connectivity index (χ2n) is 4.68. The highest BCUT2D eigenvalue weighted by Gasteiger charge is 2.12. The van der Waals surface area contributed by atoms with Crippen molar-refractivity contribution in [3.05, 3.63) is 66.0 Å². The fourth-order valence-electron chi connectivity index (χ4n) is 2.02. The van der Waals surface area contributed by atoms with E-state index in [2.05, 4.69) is 5.32 Å². The molecule has 3 nitrogen and oxygen atoms in total. The molecule has 0 aliphatic rings. The molecule has 1 N–H and O–H groups in total. The summed E-state index contributed by atoms with van der Waals surface area (Å²) in [6.07, 6.45) is 0.798. The van der Waals surface area contributed by atoms with Crippen molar-refractivity contribution >= 4 is 5.91 Å². The maximum atomic E-state index is 12.8. The number of benzene rings is 2. The third-order valence-corrected chi connectivity index (χ3v) is 3.13. The average molecular weight is 287 g/mol.